The van der Waals surface area contributed by atoms with Crippen LogP contribution in [0.25, 0.3) is 6.08 Å². The maximum absolute atomic E-state index is 12.5. The Bertz CT molecular complexity index is 1220. The highest BCUT2D eigenvalue weighted by molar-refractivity contribution is 6.35. The Balaban J connectivity index is 1.76. The molecule has 8 heteroatoms. The molecule has 0 fully saturated rings. The van der Waals surface area contributed by atoms with E-state index < -0.39 is 11.3 Å². The number of allylic oxidation sites excluding steroid dienone is 1. The van der Waals surface area contributed by atoms with Gasteiger partial charge in [0.05, 0.1) is 12.8 Å². The Kier molecular flexibility index (Phi) is 7.15. The summed E-state index contributed by atoms with van der Waals surface area (Å²) < 4.78 is 11.2. The maximum Gasteiger partial charge on any atom is 0.262 e. The average molecular weight is 459 g/mol. The number of hydrogen-bond acceptors (Lipinski definition) is 5. The zero-order valence-corrected chi connectivity index (χ0v) is 18.7. The molecular formula is C23H20Cl2N2O4. The minimum Gasteiger partial charge on any atom is -0.493 e. The summed E-state index contributed by atoms with van der Waals surface area (Å²) in [7, 11) is 1.52. The number of ether oxygens (including phenoxy) is 2. The molecule has 0 amide bonds. The van der Waals surface area contributed by atoms with Gasteiger partial charge in [0, 0.05) is 15.6 Å². The molecule has 6 nitrogen and oxygen atoms in total. The number of H-pyrrole nitrogens is 1. The third-order valence-corrected chi connectivity index (χ3v) is 5.07. The van der Waals surface area contributed by atoms with Gasteiger partial charge in [-0.2, -0.15) is 0 Å². The lowest BCUT2D eigenvalue weighted by atomic mass is 10.1. The van der Waals surface area contributed by atoms with Crippen molar-refractivity contribution in [3.63, 3.8) is 0 Å². The van der Waals surface area contributed by atoms with E-state index in [1.165, 1.54) is 13.2 Å². The molecule has 0 aliphatic carbocycles. The van der Waals surface area contributed by atoms with Crippen molar-refractivity contribution >= 4 is 35.1 Å². The lowest BCUT2D eigenvalue weighted by Crippen LogP contribution is -2.21. The van der Waals surface area contributed by atoms with Gasteiger partial charge in [0.2, 0.25) is 0 Å². The van der Waals surface area contributed by atoms with Crippen LogP contribution in [0.4, 0.5) is 0 Å². The fraction of sp³-hybridized carbons (Fsp3) is 0.174. The molecule has 3 aromatic rings. The first-order valence-electron chi connectivity index (χ1n) is 9.33. The summed E-state index contributed by atoms with van der Waals surface area (Å²) in [5, 5.41) is 1.07. The van der Waals surface area contributed by atoms with E-state index in [4.69, 9.17) is 32.7 Å². The van der Waals surface area contributed by atoms with Crippen LogP contribution in [0, 0.1) is 13.8 Å². The van der Waals surface area contributed by atoms with Crippen molar-refractivity contribution in [3.8, 4) is 11.5 Å². The SMILES string of the molecule is COc1cc(/C=C/C(=O)c2c(C)nc(C)[nH]c2=O)ccc1OCc1ccc(Cl)cc1Cl. The van der Waals surface area contributed by atoms with Crippen LogP contribution >= 0.6 is 23.2 Å². The predicted octanol–water partition coefficient (Wildman–Crippen LogP) is 5.18. The molecule has 0 spiro atoms. The largest absolute Gasteiger partial charge is 0.493 e. The molecular weight excluding hydrogens is 439 g/mol. The van der Waals surface area contributed by atoms with Crippen LogP contribution < -0.4 is 15.0 Å². The lowest BCUT2D eigenvalue weighted by molar-refractivity contribution is 0.104. The standard InChI is InChI=1S/C23H20Cl2N2O4/c1-13-22(23(29)27-14(2)26-13)19(28)8-4-15-5-9-20(21(10-15)30-3)31-12-16-6-7-17(24)11-18(16)25/h4-11H,12H2,1-3H3,(H,26,27,29)/b8-4+. The molecule has 0 saturated heterocycles. The number of hydrogen-bond donors (Lipinski definition) is 1. The Morgan fingerprint density at radius 1 is 1.13 bits per heavy atom. The minimum absolute atomic E-state index is 0.0219. The van der Waals surface area contributed by atoms with Crippen molar-refractivity contribution in [1.29, 1.82) is 0 Å². The van der Waals surface area contributed by atoms with Crippen molar-refractivity contribution in [2.24, 2.45) is 0 Å². The average Bonchev–Trinajstić information content (AvgIpc) is 2.71. The van der Waals surface area contributed by atoms with Crippen LogP contribution in [-0.2, 0) is 6.61 Å². The van der Waals surface area contributed by atoms with Crippen LogP contribution in [0.5, 0.6) is 11.5 Å². The number of benzene rings is 2. The van der Waals surface area contributed by atoms with Gasteiger partial charge in [-0.3, -0.25) is 9.59 Å². The highest BCUT2D eigenvalue weighted by Gasteiger charge is 2.13. The quantitative estimate of drug-likeness (QED) is 0.389. The summed E-state index contributed by atoms with van der Waals surface area (Å²) in [5.41, 5.74) is 1.44. The summed E-state index contributed by atoms with van der Waals surface area (Å²) in [6.07, 6.45) is 2.93. The fourth-order valence-corrected chi connectivity index (χ4v) is 3.44. The van der Waals surface area contributed by atoms with Crippen molar-refractivity contribution in [2.75, 3.05) is 7.11 Å². The van der Waals surface area contributed by atoms with Gasteiger partial charge in [-0.1, -0.05) is 41.4 Å². The first-order valence-corrected chi connectivity index (χ1v) is 10.1. The molecule has 0 atom stereocenters. The molecule has 31 heavy (non-hydrogen) atoms. The van der Waals surface area contributed by atoms with Crippen molar-refractivity contribution in [1.82, 2.24) is 9.97 Å². The van der Waals surface area contributed by atoms with Gasteiger partial charge >= 0.3 is 0 Å². The van der Waals surface area contributed by atoms with E-state index in [0.717, 1.165) is 5.56 Å². The number of halogens is 2. The van der Waals surface area contributed by atoms with Gasteiger partial charge in [-0.25, -0.2) is 4.98 Å². The Hall–Kier alpha value is -3.09. The first kappa shape index (κ1) is 22.6. The second-order valence-corrected chi connectivity index (χ2v) is 7.59. The maximum atomic E-state index is 12.5. The summed E-state index contributed by atoms with van der Waals surface area (Å²) in [6, 6.07) is 10.4. The molecule has 1 heterocycles. The van der Waals surface area contributed by atoms with E-state index in [2.05, 4.69) is 9.97 Å². The third-order valence-electron chi connectivity index (χ3n) is 4.48. The van der Waals surface area contributed by atoms with Crippen LogP contribution in [0.15, 0.2) is 47.3 Å². The molecule has 0 saturated carbocycles. The summed E-state index contributed by atoms with van der Waals surface area (Å²) in [4.78, 5) is 31.3. The summed E-state index contributed by atoms with van der Waals surface area (Å²) >= 11 is 12.1. The van der Waals surface area contributed by atoms with Crippen LogP contribution in [0.1, 0.15) is 33.0 Å². The summed E-state index contributed by atoms with van der Waals surface area (Å²) in [6.45, 7) is 3.53. The Morgan fingerprint density at radius 2 is 1.90 bits per heavy atom. The predicted molar refractivity (Wildman–Crippen MR) is 121 cm³/mol. The molecule has 0 unspecified atom stereocenters. The Labute approximate surface area is 189 Å². The van der Waals surface area contributed by atoms with Gasteiger partial charge in [0.25, 0.3) is 5.56 Å². The van der Waals surface area contributed by atoms with Crippen LogP contribution in [-0.4, -0.2) is 22.9 Å². The van der Waals surface area contributed by atoms with E-state index in [1.54, 1.807) is 56.3 Å². The molecule has 2 aromatic carbocycles. The second kappa shape index (κ2) is 9.81. The van der Waals surface area contributed by atoms with Crippen LogP contribution in [0.2, 0.25) is 10.0 Å². The smallest absolute Gasteiger partial charge is 0.262 e. The normalized spacial score (nSPS) is 11.0. The molecule has 160 valence electrons. The number of rotatable bonds is 7. The minimum atomic E-state index is -0.457. The molecule has 0 radical (unpaired) electrons. The first-order chi connectivity index (χ1) is 14.8. The lowest BCUT2D eigenvalue weighted by Gasteiger charge is -2.12. The van der Waals surface area contributed by atoms with Gasteiger partial charge in [-0.15, -0.1) is 0 Å². The highest BCUT2D eigenvalue weighted by Crippen LogP contribution is 2.30. The topological polar surface area (TPSA) is 81.3 Å². The van der Waals surface area contributed by atoms with Crippen LogP contribution in [0.3, 0.4) is 0 Å². The van der Waals surface area contributed by atoms with Crippen molar-refractivity contribution in [3.05, 3.63) is 91.1 Å². The van der Waals surface area contributed by atoms with E-state index in [9.17, 15) is 9.59 Å². The van der Waals surface area contributed by atoms with E-state index in [1.807, 2.05) is 0 Å². The molecule has 1 N–H and O–H groups in total. The van der Waals surface area contributed by atoms with Crippen molar-refractivity contribution < 1.29 is 14.3 Å². The zero-order chi connectivity index (χ0) is 22.5. The monoisotopic (exact) mass is 458 g/mol. The number of nitrogens with one attached hydrogen (secondary N) is 1. The fourth-order valence-electron chi connectivity index (χ4n) is 2.97. The Morgan fingerprint density at radius 3 is 2.58 bits per heavy atom. The number of carbonyl (C=O) groups excluding carboxylic acids is 1. The van der Waals surface area contributed by atoms with E-state index >= 15 is 0 Å². The van der Waals surface area contributed by atoms with Crippen molar-refractivity contribution in [2.45, 2.75) is 20.5 Å². The van der Waals surface area contributed by atoms with Gasteiger partial charge in [-0.05, 0) is 49.8 Å². The number of methoxy groups -OCH3 is 1. The molecule has 0 aliphatic heterocycles. The van der Waals surface area contributed by atoms with E-state index in [0.29, 0.717) is 38.6 Å². The second-order valence-electron chi connectivity index (χ2n) is 6.74. The number of aryl methyl sites for hydroxylation is 2. The molecule has 0 aliphatic rings. The van der Waals surface area contributed by atoms with Gasteiger partial charge in [0.1, 0.15) is 18.0 Å². The number of nitrogens with zero attached hydrogens (tertiary/aromatic N) is 1. The highest BCUT2D eigenvalue weighted by atomic mass is 35.5. The summed E-state index contributed by atoms with van der Waals surface area (Å²) in [5.74, 6) is 1.05. The molecule has 1 aromatic heterocycles. The van der Waals surface area contributed by atoms with Gasteiger partial charge < -0.3 is 14.5 Å². The zero-order valence-electron chi connectivity index (χ0n) is 17.2. The number of ketones is 1. The molecule has 3 rings (SSSR count). The number of carbonyl (C=O) groups is 1. The van der Waals surface area contributed by atoms with E-state index in [-0.39, 0.29) is 12.2 Å². The number of aromatic amines is 1. The van der Waals surface area contributed by atoms with Gasteiger partial charge in [0.15, 0.2) is 17.3 Å². The third kappa shape index (κ3) is 5.54. The number of aromatic nitrogens is 2. The molecule has 0 bridgehead atoms.